The number of rotatable bonds is 3. The molecule has 0 N–H and O–H groups in total. The zero-order valence-corrected chi connectivity index (χ0v) is 14.2. The van der Waals surface area contributed by atoms with Gasteiger partial charge in [-0.3, -0.25) is 4.40 Å². The molecule has 0 saturated heterocycles. The van der Waals surface area contributed by atoms with Crippen molar-refractivity contribution in [1.82, 2.24) is 29.4 Å². The van der Waals surface area contributed by atoms with E-state index >= 15 is 0 Å². The molecule has 0 saturated carbocycles. The Morgan fingerprint density at radius 3 is 2.50 bits per heavy atom. The van der Waals surface area contributed by atoms with Crippen LogP contribution in [-0.2, 0) is 6.54 Å². The molecule has 0 aliphatic heterocycles. The van der Waals surface area contributed by atoms with E-state index in [0.717, 1.165) is 28.1 Å². The van der Waals surface area contributed by atoms with Crippen LogP contribution in [0.15, 0.2) is 67.1 Å². The second-order valence-electron chi connectivity index (χ2n) is 6.35. The van der Waals surface area contributed by atoms with E-state index in [1.54, 1.807) is 6.33 Å². The molecule has 3 heterocycles. The molecule has 2 aromatic carbocycles. The molecule has 0 spiro atoms. The maximum atomic E-state index is 4.62. The van der Waals surface area contributed by atoms with Crippen molar-refractivity contribution in [3.63, 3.8) is 0 Å². The van der Waals surface area contributed by atoms with E-state index < -0.39 is 0 Å². The molecule has 0 unspecified atom stereocenters. The smallest absolute Gasteiger partial charge is 0.175 e. The Balaban J connectivity index is 1.62. The summed E-state index contributed by atoms with van der Waals surface area (Å²) in [6.07, 6.45) is 3.59. The molecule has 0 amide bonds. The van der Waals surface area contributed by atoms with Crippen molar-refractivity contribution in [3.8, 4) is 11.4 Å². The summed E-state index contributed by atoms with van der Waals surface area (Å²) in [6, 6.07) is 18.5. The predicted octanol–water partition coefficient (Wildman–Crippen LogP) is 3.50. The van der Waals surface area contributed by atoms with Gasteiger partial charge in [0.05, 0.1) is 18.1 Å². The Kier molecular flexibility index (Phi) is 3.28. The van der Waals surface area contributed by atoms with Crippen molar-refractivity contribution < 1.29 is 0 Å². The van der Waals surface area contributed by atoms with Gasteiger partial charge in [0.15, 0.2) is 17.1 Å². The summed E-state index contributed by atoms with van der Waals surface area (Å²) < 4.78 is 3.81. The van der Waals surface area contributed by atoms with Crippen molar-refractivity contribution in [3.05, 3.63) is 78.2 Å². The van der Waals surface area contributed by atoms with Crippen LogP contribution in [0.2, 0.25) is 0 Å². The summed E-state index contributed by atoms with van der Waals surface area (Å²) in [7, 11) is 0. The van der Waals surface area contributed by atoms with Gasteiger partial charge in [0, 0.05) is 5.56 Å². The van der Waals surface area contributed by atoms with Gasteiger partial charge >= 0.3 is 0 Å². The lowest BCUT2D eigenvalue weighted by Crippen LogP contribution is -2.03. The number of aryl methyl sites for hydroxylation is 1. The fourth-order valence-electron chi connectivity index (χ4n) is 3.14. The highest BCUT2D eigenvalue weighted by molar-refractivity contribution is 5.89. The Morgan fingerprint density at radius 1 is 0.885 bits per heavy atom. The number of benzene rings is 2. The third-order valence-corrected chi connectivity index (χ3v) is 4.53. The van der Waals surface area contributed by atoms with Gasteiger partial charge in [0.2, 0.25) is 0 Å². The van der Waals surface area contributed by atoms with Crippen LogP contribution in [-0.4, -0.2) is 29.4 Å². The second-order valence-corrected chi connectivity index (χ2v) is 6.35. The molecule has 0 radical (unpaired) electrons. The quantitative estimate of drug-likeness (QED) is 0.504. The van der Waals surface area contributed by atoms with Gasteiger partial charge in [-0.05, 0) is 12.5 Å². The first kappa shape index (κ1) is 14.8. The van der Waals surface area contributed by atoms with E-state index in [9.17, 15) is 0 Å². The average Bonchev–Trinajstić information content (AvgIpc) is 3.27. The van der Waals surface area contributed by atoms with Crippen LogP contribution < -0.4 is 0 Å². The molecule has 0 bridgehead atoms. The van der Waals surface area contributed by atoms with E-state index in [1.165, 1.54) is 11.1 Å². The van der Waals surface area contributed by atoms with Gasteiger partial charge in [-0.25, -0.2) is 9.67 Å². The van der Waals surface area contributed by atoms with Crippen LogP contribution in [0, 0.1) is 6.92 Å². The van der Waals surface area contributed by atoms with E-state index in [4.69, 9.17) is 0 Å². The van der Waals surface area contributed by atoms with Crippen molar-refractivity contribution in [2.24, 2.45) is 0 Å². The van der Waals surface area contributed by atoms with Crippen LogP contribution in [0.25, 0.3) is 28.1 Å². The first-order chi connectivity index (χ1) is 12.8. The van der Waals surface area contributed by atoms with Gasteiger partial charge < -0.3 is 0 Å². The normalized spacial score (nSPS) is 11.4. The first-order valence-electron chi connectivity index (χ1n) is 8.46. The maximum Gasteiger partial charge on any atom is 0.175 e. The summed E-state index contributed by atoms with van der Waals surface area (Å²) >= 11 is 0. The Morgan fingerprint density at radius 2 is 1.69 bits per heavy atom. The minimum absolute atomic E-state index is 0.673. The Bertz CT molecular complexity index is 1200. The molecule has 6 nitrogen and oxygen atoms in total. The summed E-state index contributed by atoms with van der Waals surface area (Å²) in [6.45, 7) is 2.74. The standard InChI is InChI=1S/C20H16N6/c1-14-7-9-16(10-8-14)18-23-24-20-17-11-22-26(19(17)21-13-25(18)20)12-15-5-3-2-4-6-15/h2-11,13H,12H2,1H3. The van der Waals surface area contributed by atoms with Crippen molar-refractivity contribution in [2.45, 2.75) is 13.5 Å². The summed E-state index contributed by atoms with van der Waals surface area (Å²) in [5.74, 6) is 0.783. The van der Waals surface area contributed by atoms with Crippen molar-refractivity contribution in [2.75, 3.05) is 0 Å². The molecule has 5 aromatic rings. The van der Waals surface area contributed by atoms with Crippen LogP contribution in [0.4, 0.5) is 0 Å². The Hall–Kier alpha value is -3.54. The van der Waals surface area contributed by atoms with Crippen molar-refractivity contribution >= 4 is 16.7 Å². The highest BCUT2D eigenvalue weighted by Gasteiger charge is 2.14. The number of hydrogen-bond donors (Lipinski definition) is 0. The largest absolute Gasteiger partial charge is 0.265 e. The molecular formula is C20H16N6. The molecule has 5 rings (SSSR count). The van der Waals surface area contributed by atoms with Crippen LogP contribution in [0.1, 0.15) is 11.1 Å². The first-order valence-corrected chi connectivity index (χ1v) is 8.46. The third kappa shape index (κ3) is 2.35. The van der Waals surface area contributed by atoms with Crippen LogP contribution in [0.5, 0.6) is 0 Å². The maximum absolute atomic E-state index is 4.62. The zero-order valence-electron chi connectivity index (χ0n) is 14.2. The molecule has 0 aliphatic rings. The lowest BCUT2D eigenvalue weighted by molar-refractivity contribution is 0.703. The molecule has 6 heteroatoms. The topological polar surface area (TPSA) is 60.9 Å². The molecule has 26 heavy (non-hydrogen) atoms. The molecule has 126 valence electrons. The van der Waals surface area contributed by atoms with E-state index in [0.29, 0.717) is 6.54 Å². The van der Waals surface area contributed by atoms with E-state index in [2.05, 4.69) is 63.6 Å². The number of hydrogen-bond acceptors (Lipinski definition) is 4. The molecule has 3 aromatic heterocycles. The fraction of sp³-hybridized carbons (Fsp3) is 0.100. The number of nitrogens with zero attached hydrogens (tertiary/aromatic N) is 6. The summed E-state index contributed by atoms with van der Waals surface area (Å²) in [5, 5.41) is 14.2. The molecule has 0 aliphatic carbocycles. The van der Waals surface area contributed by atoms with E-state index in [-0.39, 0.29) is 0 Å². The molecule has 0 atom stereocenters. The van der Waals surface area contributed by atoms with Gasteiger partial charge in [0.1, 0.15) is 6.33 Å². The minimum atomic E-state index is 0.673. The summed E-state index contributed by atoms with van der Waals surface area (Å²) in [4.78, 5) is 4.62. The summed E-state index contributed by atoms with van der Waals surface area (Å²) in [5.41, 5.74) is 4.99. The second kappa shape index (κ2) is 5.77. The van der Waals surface area contributed by atoms with Gasteiger partial charge in [-0.1, -0.05) is 60.2 Å². The van der Waals surface area contributed by atoms with Gasteiger partial charge in [-0.15, -0.1) is 10.2 Å². The lowest BCUT2D eigenvalue weighted by Gasteiger charge is -2.04. The predicted molar refractivity (Wildman–Crippen MR) is 99.8 cm³/mol. The number of aromatic nitrogens is 6. The van der Waals surface area contributed by atoms with Gasteiger partial charge in [-0.2, -0.15) is 5.10 Å². The van der Waals surface area contributed by atoms with Gasteiger partial charge in [0.25, 0.3) is 0 Å². The van der Waals surface area contributed by atoms with E-state index in [1.807, 2.05) is 33.5 Å². The van der Waals surface area contributed by atoms with Crippen LogP contribution in [0.3, 0.4) is 0 Å². The van der Waals surface area contributed by atoms with Crippen molar-refractivity contribution in [1.29, 1.82) is 0 Å². The van der Waals surface area contributed by atoms with Crippen LogP contribution >= 0.6 is 0 Å². The average molecular weight is 340 g/mol. The lowest BCUT2D eigenvalue weighted by atomic mass is 10.1. The minimum Gasteiger partial charge on any atom is -0.265 e. The highest BCUT2D eigenvalue weighted by atomic mass is 15.3. The monoisotopic (exact) mass is 340 g/mol. The zero-order chi connectivity index (χ0) is 17.5. The molecular weight excluding hydrogens is 324 g/mol. The number of fused-ring (bicyclic) bond motifs is 3. The Labute approximate surface area is 149 Å². The molecule has 0 fully saturated rings. The fourth-order valence-corrected chi connectivity index (χ4v) is 3.14. The highest BCUT2D eigenvalue weighted by Crippen LogP contribution is 2.23. The third-order valence-electron chi connectivity index (χ3n) is 4.53. The SMILES string of the molecule is Cc1ccc(-c2nnc3c4cnn(Cc5ccccc5)c4ncn23)cc1.